The number of H-pyrrole nitrogens is 1. The molecule has 4 N–H and O–H groups in total. The molecule has 0 saturated carbocycles. The second-order valence-corrected chi connectivity index (χ2v) is 8.84. The van der Waals surface area contributed by atoms with E-state index in [-0.39, 0.29) is 37.0 Å². The van der Waals surface area contributed by atoms with Gasteiger partial charge in [0.15, 0.2) is 5.78 Å². The number of hydrogen-bond acceptors (Lipinski definition) is 6. The fourth-order valence-corrected chi connectivity index (χ4v) is 4.32. The summed E-state index contributed by atoms with van der Waals surface area (Å²) in [7, 11) is 1.55. The standard InChI is InChI=1S/C27H30N4O6/c1-36-24-11-5-10-20-19(24)14-22(30-20)27(35)29-15-25(33)31-21(13-17-7-6-12-28-26(17)34)23(32)16-37-18-8-3-2-4-9-18/h2-5,8-11,14,17,21,30H,6-7,12-13,15-16H2,1H3,(H,28,34)(H,29,35)(H,31,33)/t17-,21-/m0/s1. The van der Waals surface area contributed by atoms with Crippen LogP contribution in [-0.2, 0) is 14.4 Å². The average molecular weight is 507 g/mol. The number of Topliss-reactive ketones (excluding diaryl/α,β-unsaturated/α-hetero) is 1. The summed E-state index contributed by atoms with van der Waals surface area (Å²) in [5, 5.41) is 8.79. The molecule has 0 bridgehead atoms. The van der Waals surface area contributed by atoms with Gasteiger partial charge in [-0.15, -0.1) is 0 Å². The normalized spacial score (nSPS) is 15.9. The Bertz CT molecular complexity index is 1270. The van der Waals surface area contributed by atoms with Crippen molar-refractivity contribution in [2.45, 2.75) is 25.3 Å². The Morgan fingerprint density at radius 1 is 1.11 bits per heavy atom. The maximum absolute atomic E-state index is 13.0. The SMILES string of the molecule is COc1cccc2[nH]c(C(=O)NCC(=O)N[C@@H](C[C@@H]3CCCNC3=O)C(=O)COc3ccccc3)cc12. The van der Waals surface area contributed by atoms with Gasteiger partial charge in [-0.1, -0.05) is 24.3 Å². The lowest BCUT2D eigenvalue weighted by Gasteiger charge is -2.26. The number of aromatic amines is 1. The van der Waals surface area contributed by atoms with Gasteiger partial charge in [0.2, 0.25) is 11.8 Å². The predicted octanol–water partition coefficient (Wildman–Crippen LogP) is 1.96. The number of fused-ring (bicyclic) bond motifs is 1. The number of hydrogen-bond donors (Lipinski definition) is 4. The van der Waals surface area contributed by atoms with Crippen LogP contribution >= 0.6 is 0 Å². The molecule has 10 nitrogen and oxygen atoms in total. The molecule has 37 heavy (non-hydrogen) atoms. The Hall–Kier alpha value is -4.34. The number of carbonyl (C=O) groups is 4. The summed E-state index contributed by atoms with van der Waals surface area (Å²) in [6, 6.07) is 15.0. The number of piperidine rings is 1. The van der Waals surface area contributed by atoms with E-state index in [0.29, 0.717) is 24.5 Å². The van der Waals surface area contributed by atoms with Gasteiger partial charge in [0, 0.05) is 23.4 Å². The number of ketones is 1. The van der Waals surface area contributed by atoms with Gasteiger partial charge >= 0.3 is 0 Å². The first-order valence-electron chi connectivity index (χ1n) is 12.2. The molecule has 3 amide bonds. The Labute approximate surface area is 214 Å². The molecule has 0 radical (unpaired) electrons. The second-order valence-electron chi connectivity index (χ2n) is 8.84. The molecule has 10 heteroatoms. The molecule has 194 valence electrons. The Morgan fingerprint density at radius 2 is 1.92 bits per heavy atom. The number of para-hydroxylation sites is 1. The molecule has 4 rings (SSSR count). The van der Waals surface area contributed by atoms with Crippen molar-refractivity contribution in [3.63, 3.8) is 0 Å². The van der Waals surface area contributed by atoms with Crippen LogP contribution in [0.2, 0.25) is 0 Å². The highest BCUT2D eigenvalue weighted by Crippen LogP contribution is 2.26. The van der Waals surface area contributed by atoms with E-state index in [1.54, 1.807) is 49.6 Å². The Morgan fingerprint density at radius 3 is 2.68 bits per heavy atom. The van der Waals surface area contributed by atoms with Gasteiger partial charge in [0.1, 0.15) is 23.8 Å². The van der Waals surface area contributed by atoms with Crippen molar-refractivity contribution in [1.29, 1.82) is 0 Å². The lowest BCUT2D eigenvalue weighted by molar-refractivity contribution is -0.131. The predicted molar refractivity (Wildman–Crippen MR) is 136 cm³/mol. The smallest absolute Gasteiger partial charge is 0.268 e. The zero-order valence-electron chi connectivity index (χ0n) is 20.5. The Kier molecular flexibility index (Phi) is 8.40. The molecule has 2 aromatic carbocycles. The number of amides is 3. The van der Waals surface area contributed by atoms with E-state index >= 15 is 0 Å². The molecule has 1 fully saturated rings. The molecule has 0 spiro atoms. The van der Waals surface area contributed by atoms with Crippen LogP contribution in [-0.4, -0.2) is 61.3 Å². The van der Waals surface area contributed by atoms with Gasteiger partial charge in [0.25, 0.3) is 5.91 Å². The summed E-state index contributed by atoms with van der Waals surface area (Å²) in [5.74, 6) is -0.758. The third-order valence-corrected chi connectivity index (χ3v) is 6.27. The van der Waals surface area contributed by atoms with Crippen LogP contribution < -0.4 is 25.4 Å². The minimum atomic E-state index is -0.931. The molecular formula is C27H30N4O6. The van der Waals surface area contributed by atoms with Crippen LogP contribution in [0.1, 0.15) is 29.8 Å². The first-order valence-corrected chi connectivity index (χ1v) is 12.2. The fourth-order valence-electron chi connectivity index (χ4n) is 4.32. The first kappa shape index (κ1) is 25.7. The molecule has 1 saturated heterocycles. The Balaban J connectivity index is 1.37. The number of carbonyl (C=O) groups excluding carboxylic acids is 4. The van der Waals surface area contributed by atoms with Crippen molar-refractivity contribution in [3.8, 4) is 11.5 Å². The summed E-state index contributed by atoms with van der Waals surface area (Å²) in [4.78, 5) is 53.6. The molecule has 2 heterocycles. The van der Waals surface area contributed by atoms with Crippen molar-refractivity contribution < 1.29 is 28.7 Å². The van der Waals surface area contributed by atoms with Crippen molar-refractivity contribution in [2.75, 3.05) is 26.8 Å². The highest BCUT2D eigenvalue weighted by molar-refractivity contribution is 6.01. The maximum Gasteiger partial charge on any atom is 0.268 e. The third kappa shape index (κ3) is 6.66. The van der Waals surface area contributed by atoms with Crippen LogP contribution in [0.4, 0.5) is 0 Å². The number of aromatic nitrogens is 1. The van der Waals surface area contributed by atoms with Crippen molar-refractivity contribution >= 4 is 34.4 Å². The molecule has 0 unspecified atom stereocenters. The van der Waals surface area contributed by atoms with Crippen LogP contribution in [0.15, 0.2) is 54.6 Å². The quantitative estimate of drug-likeness (QED) is 0.314. The van der Waals surface area contributed by atoms with Crippen molar-refractivity contribution in [2.24, 2.45) is 5.92 Å². The number of nitrogens with one attached hydrogen (secondary N) is 4. The van der Waals surface area contributed by atoms with E-state index in [2.05, 4.69) is 20.9 Å². The van der Waals surface area contributed by atoms with Gasteiger partial charge in [-0.3, -0.25) is 19.2 Å². The van der Waals surface area contributed by atoms with Gasteiger partial charge in [-0.25, -0.2) is 0 Å². The largest absolute Gasteiger partial charge is 0.496 e. The minimum Gasteiger partial charge on any atom is -0.496 e. The number of benzene rings is 2. The van der Waals surface area contributed by atoms with Crippen LogP contribution in [0.5, 0.6) is 11.5 Å². The summed E-state index contributed by atoms with van der Waals surface area (Å²) in [6.45, 7) is 0.00115. The summed E-state index contributed by atoms with van der Waals surface area (Å²) >= 11 is 0. The fraction of sp³-hybridized carbons (Fsp3) is 0.333. The molecule has 3 aromatic rings. The van der Waals surface area contributed by atoms with Crippen LogP contribution in [0.3, 0.4) is 0 Å². The van der Waals surface area contributed by atoms with Crippen LogP contribution in [0.25, 0.3) is 10.9 Å². The van der Waals surface area contributed by atoms with Gasteiger partial charge < -0.3 is 30.4 Å². The summed E-state index contributed by atoms with van der Waals surface area (Å²) in [6.07, 6.45) is 1.59. The van der Waals surface area contributed by atoms with Gasteiger partial charge in [-0.2, -0.15) is 0 Å². The minimum absolute atomic E-state index is 0.134. The van der Waals surface area contributed by atoms with E-state index in [1.165, 1.54) is 0 Å². The van der Waals surface area contributed by atoms with Gasteiger partial charge in [-0.05, 0) is 49.6 Å². The highest BCUT2D eigenvalue weighted by Gasteiger charge is 2.30. The highest BCUT2D eigenvalue weighted by atomic mass is 16.5. The van der Waals surface area contributed by atoms with Gasteiger partial charge in [0.05, 0.1) is 19.7 Å². The van der Waals surface area contributed by atoms with Crippen molar-refractivity contribution in [1.82, 2.24) is 20.9 Å². The summed E-state index contributed by atoms with van der Waals surface area (Å²) < 4.78 is 10.9. The lowest BCUT2D eigenvalue weighted by atomic mass is 9.90. The molecule has 2 atom stereocenters. The van der Waals surface area contributed by atoms with E-state index < -0.39 is 23.8 Å². The third-order valence-electron chi connectivity index (χ3n) is 6.27. The molecule has 1 aliphatic rings. The van der Waals surface area contributed by atoms with E-state index in [4.69, 9.17) is 9.47 Å². The number of rotatable bonds is 11. The first-order chi connectivity index (χ1) is 17.9. The molecule has 1 aliphatic heterocycles. The average Bonchev–Trinajstić information content (AvgIpc) is 3.36. The van der Waals surface area contributed by atoms with Crippen molar-refractivity contribution in [3.05, 3.63) is 60.3 Å². The number of methoxy groups -OCH3 is 1. The zero-order chi connectivity index (χ0) is 26.2. The topological polar surface area (TPSA) is 139 Å². The molecule has 0 aliphatic carbocycles. The van der Waals surface area contributed by atoms with E-state index in [0.717, 1.165) is 17.3 Å². The van der Waals surface area contributed by atoms with E-state index in [9.17, 15) is 19.2 Å². The van der Waals surface area contributed by atoms with E-state index in [1.807, 2.05) is 12.1 Å². The lowest BCUT2D eigenvalue weighted by Crippen LogP contribution is -2.49. The zero-order valence-corrected chi connectivity index (χ0v) is 20.5. The number of ether oxygens (including phenoxy) is 2. The monoisotopic (exact) mass is 506 g/mol. The summed E-state index contributed by atoms with van der Waals surface area (Å²) in [5.41, 5.74) is 0.999. The molecule has 1 aromatic heterocycles. The maximum atomic E-state index is 13.0. The van der Waals surface area contributed by atoms with Crippen LogP contribution in [0, 0.1) is 5.92 Å². The second kappa shape index (κ2) is 12.1. The molecular weight excluding hydrogens is 476 g/mol.